The van der Waals surface area contributed by atoms with Crippen molar-refractivity contribution in [3.8, 4) is 0 Å². The van der Waals surface area contributed by atoms with Crippen molar-refractivity contribution in [2.45, 2.75) is 58.0 Å². The van der Waals surface area contributed by atoms with Crippen LogP contribution >= 0.6 is 0 Å². The SMILES string of the molecule is C=CC(=O)OCCCCC(CCCCC)OC(=O)C=C. The van der Waals surface area contributed by atoms with E-state index < -0.39 is 5.97 Å². The summed E-state index contributed by atoms with van der Waals surface area (Å²) in [6.45, 7) is 9.25. The van der Waals surface area contributed by atoms with Gasteiger partial charge in [-0.25, -0.2) is 9.59 Å². The average Bonchev–Trinajstić information content (AvgIpc) is 2.46. The van der Waals surface area contributed by atoms with Crippen molar-refractivity contribution in [1.82, 2.24) is 0 Å². The first-order valence-corrected chi connectivity index (χ1v) is 7.26. The summed E-state index contributed by atoms with van der Waals surface area (Å²) in [7, 11) is 0. The Hall–Kier alpha value is -1.58. The van der Waals surface area contributed by atoms with Crippen molar-refractivity contribution in [3.05, 3.63) is 25.3 Å². The summed E-state index contributed by atoms with van der Waals surface area (Å²) >= 11 is 0. The predicted molar refractivity (Wildman–Crippen MR) is 79.2 cm³/mol. The summed E-state index contributed by atoms with van der Waals surface area (Å²) in [4.78, 5) is 22.1. The molecule has 0 rings (SSSR count). The Morgan fingerprint density at radius 1 is 1.00 bits per heavy atom. The van der Waals surface area contributed by atoms with E-state index in [9.17, 15) is 9.59 Å². The number of carbonyl (C=O) groups is 2. The Kier molecular flexibility index (Phi) is 11.5. The van der Waals surface area contributed by atoms with E-state index in [1.165, 1.54) is 6.08 Å². The molecule has 4 heteroatoms. The highest BCUT2D eigenvalue weighted by Gasteiger charge is 2.12. The zero-order valence-corrected chi connectivity index (χ0v) is 12.4. The third kappa shape index (κ3) is 10.4. The number of esters is 2. The molecule has 0 heterocycles. The fourth-order valence-electron chi connectivity index (χ4n) is 1.80. The van der Waals surface area contributed by atoms with Gasteiger partial charge in [0.1, 0.15) is 6.10 Å². The number of rotatable bonds is 12. The second kappa shape index (κ2) is 12.5. The van der Waals surface area contributed by atoms with Gasteiger partial charge in [-0.3, -0.25) is 0 Å². The van der Waals surface area contributed by atoms with Gasteiger partial charge in [0.15, 0.2) is 0 Å². The zero-order valence-electron chi connectivity index (χ0n) is 12.4. The van der Waals surface area contributed by atoms with E-state index >= 15 is 0 Å². The number of hydrogen-bond donors (Lipinski definition) is 0. The smallest absolute Gasteiger partial charge is 0.330 e. The molecular formula is C16H26O4. The molecule has 0 bridgehead atoms. The van der Waals surface area contributed by atoms with Gasteiger partial charge in [0, 0.05) is 12.2 Å². The molecule has 114 valence electrons. The Bertz CT molecular complexity index is 310. The van der Waals surface area contributed by atoms with Gasteiger partial charge in [0.25, 0.3) is 0 Å². The molecule has 0 aliphatic rings. The lowest BCUT2D eigenvalue weighted by Gasteiger charge is -2.16. The molecule has 0 aromatic heterocycles. The zero-order chi connectivity index (χ0) is 15.2. The molecule has 0 aromatic carbocycles. The molecule has 0 N–H and O–H groups in total. The molecule has 0 saturated carbocycles. The van der Waals surface area contributed by atoms with Crippen LogP contribution in [-0.2, 0) is 19.1 Å². The Morgan fingerprint density at radius 3 is 2.15 bits per heavy atom. The third-order valence-electron chi connectivity index (χ3n) is 2.91. The summed E-state index contributed by atoms with van der Waals surface area (Å²) in [6, 6.07) is 0. The van der Waals surface area contributed by atoms with E-state index in [1.807, 2.05) is 0 Å². The van der Waals surface area contributed by atoms with Crippen LogP contribution in [0.2, 0.25) is 0 Å². The lowest BCUT2D eigenvalue weighted by molar-refractivity contribution is -0.143. The molecule has 4 nitrogen and oxygen atoms in total. The first kappa shape index (κ1) is 18.4. The maximum absolute atomic E-state index is 11.3. The van der Waals surface area contributed by atoms with Crippen LogP contribution in [0.15, 0.2) is 25.3 Å². The van der Waals surface area contributed by atoms with Crippen LogP contribution in [0.25, 0.3) is 0 Å². The number of hydrogen-bond acceptors (Lipinski definition) is 4. The lowest BCUT2D eigenvalue weighted by atomic mass is 10.1. The summed E-state index contributed by atoms with van der Waals surface area (Å²) in [5.41, 5.74) is 0. The summed E-state index contributed by atoms with van der Waals surface area (Å²) in [5.74, 6) is -0.771. The van der Waals surface area contributed by atoms with Crippen molar-refractivity contribution in [3.63, 3.8) is 0 Å². The molecule has 0 spiro atoms. The minimum Gasteiger partial charge on any atom is -0.463 e. The second-order valence-corrected chi connectivity index (χ2v) is 4.63. The number of carbonyl (C=O) groups excluding carboxylic acids is 2. The molecule has 0 aliphatic carbocycles. The van der Waals surface area contributed by atoms with Crippen molar-refractivity contribution >= 4 is 11.9 Å². The molecular weight excluding hydrogens is 256 g/mol. The topological polar surface area (TPSA) is 52.6 Å². The summed E-state index contributed by atoms with van der Waals surface area (Å²) in [6.07, 6.45) is 8.88. The van der Waals surface area contributed by atoms with E-state index in [4.69, 9.17) is 9.47 Å². The Morgan fingerprint density at radius 2 is 1.60 bits per heavy atom. The quantitative estimate of drug-likeness (QED) is 0.312. The van der Waals surface area contributed by atoms with Crippen LogP contribution in [0.1, 0.15) is 51.9 Å². The standard InChI is InChI=1S/C16H26O4/c1-4-7-8-11-14(20-16(18)6-3)12-9-10-13-19-15(17)5-2/h5-6,14H,2-4,7-13H2,1H3. The van der Waals surface area contributed by atoms with E-state index in [2.05, 4.69) is 20.1 Å². The third-order valence-corrected chi connectivity index (χ3v) is 2.91. The largest absolute Gasteiger partial charge is 0.463 e. The highest BCUT2D eigenvalue weighted by molar-refractivity contribution is 5.81. The van der Waals surface area contributed by atoms with E-state index in [0.29, 0.717) is 6.61 Å². The van der Waals surface area contributed by atoms with Gasteiger partial charge in [-0.15, -0.1) is 0 Å². The van der Waals surface area contributed by atoms with Gasteiger partial charge in [-0.1, -0.05) is 32.9 Å². The molecule has 0 aliphatic heterocycles. The fraction of sp³-hybridized carbons (Fsp3) is 0.625. The minimum absolute atomic E-state index is 0.0674. The van der Waals surface area contributed by atoms with E-state index in [1.54, 1.807) is 0 Å². The molecule has 0 amide bonds. The van der Waals surface area contributed by atoms with Crippen LogP contribution in [-0.4, -0.2) is 24.6 Å². The number of unbranched alkanes of at least 4 members (excludes halogenated alkanes) is 3. The molecule has 1 atom stereocenters. The van der Waals surface area contributed by atoms with Gasteiger partial charge in [-0.05, 0) is 32.1 Å². The number of ether oxygens (including phenoxy) is 2. The molecule has 0 saturated heterocycles. The highest BCUT2D eigenvalue weighted by atomic mass is 16.5. The maximum atomic E-state index is 11.3. The predicted octanol–water partition coefficient (Wildman–Crippen LogP) is 3.56. The van der Waals surface area contributed by atoms with Crippen molar-refractivity contribution in [1.29, 1.82) is 0 Å². The molecule has 20 heavy (non-hydrogen) atoms. The molecule has 0 radical (unpaired) electrons. The first-order chi connectivity index (χ1) is 9.63. The van der Waals surface area contributed by atoms with Crippen LogP contribution in [0.5, 0.6) is 0 Å². The minimum atomic E-state index is -0.400. The van der Waals surface area contributed by atoms with E-state index in [0.717, 1.165) is 51.0 Å². The first-order valence-electron chi connectivity index (χ1n) is 7.26. The van der Waals surface area contributed by atoms with Gasteiger partial charge in [0.2, 0.25) is 0 Å². The highest BCUT2D eigenvalue weighted by Crippen LogP contribution is 2.14. The Labute approximate surface area is 121 Å². The molecule has 0 aromatic rings. The van der Waals surface area contributed by atoms with Gasteiger partial charge in [0.05, 0.1) is 6.61 Å². The van der Waals surface area contributed by atoms with Crippen LogP contribution in [0.4, 0.5) is 0 Å². The van der Waals surface area contributed by atoms with Gasteiger partial charge >= 0.3 is 11.9 Å². The van der Waals surface area contributed by atoms with Crippen LogP contribution in [0.3, 0.4) is 0 Å². The molecule has 1 unspecified atom stereocenters. The molecule has 0 fully saturated rings. The van der Waals surface area contributed by atoms with Crippen molar-refractivity contribution < 1.29 is 19.1 Å². The average molecular weight is 282 g/mol. The normalized spacial score (nSPS) is 11.4. The van der Waals surface area contributed by atoms with Crippen LogP contribution < -0.4 is 0 Å². The fourth-order valence-corrected chi connectivity index (χ4v) is 1.80. The van der Waals surface area contributed by atoms with Crippen LogP contribution in [0, 0.1) is 0 Å². The Balaban J connectivity index is 3.89. The second-order valence-electron chi connectivity index (χ2n) is 4.63. The van der Waals surface area contributed by atoms with Crippen molar-refractivity contribution in [2.24, 2.45) is 0 Å². The van der Waals surface area contributed by atoms with Gasteiger partial charge in [-0.2, -0.15) is 0 Å². The monoisotopic (exact) mass is 282 g/mol. The maximum Gasteiger partial charge on any atom is 0.330 e. The lowest BCUT2D eigenvalue weighted by Crippen LogP contribution is -2.17. The van der Waals surface area contributed by atoms with Crippen molar-refractivity contribution in [2.75, 3.05) is 6.61 Å². The summed E-state index contributed by atoms with van der Waals surface area (Å²) in [5, 5.41) is 0. The van der Waals surface area contributed by atoms with Gasteiger partial charge < -0.3 is 9.47 Å². The summed E-state index contributed by atoms with van der Waals surface area (Å²) < 4.78 is 10.2. The van der Waals surface area contributed by atoms with E-state index in [-0.39, 0.29) is 12.1 Å².